The summed E-state index contributed by atoms with van der Waals surface area (Å²) < 4.78 is 34.6. The summed E-state index contributed by atoms with van der Waals surface area (Å²) in [6.07, 6.45) is 0.419. The molecule has 0 aliphatic carbocycles. The zero-order chi connectivity index (χ0) is 18.0. The molecular formula is C17H16N2O5S. The Morgan fingerprint density at radius 2 is 1.92 bits per heavy atom. The lowest BCUT2D eigenvalue weighted by atomic mass is 10.1. The van der Waals surface area contributed by atoms with Gasteiger partial charge in [-0.25, -0.2) is 0 Å². The molecule has 0 bridgehead atoms. The van der Waals surface area contributed by atoms with Crippen molar-refractivity contribution in [1.82, 2.24) is 4.98 Å². The van der Waals surface area contributed by atoms with Gasteiger partial charge >= 0.3 is 10.1 Å². The Bertz CT molecular complexity index is 921. The van der Waals surface area contributed by atoms with Crippen molar-refractivity contribution in [2.75, 3.05) is 0 Å². The monoisotopic (exact) mass is 360 g/mol. The highest BCUT2D eigenvalue weighted by atomic mass is 32.2. The number of nitrogens with zero attached hydrogens (tertiary/aromatic N) is 1. The third-order valence-electron chi connectivity index (χ3n) is 3.56. The quantitative estimate of drug-likeness (QED) is 0.808. The molecule has 7 nitrogen and oxygen atoms in total. The van der Waals surface area contributed by atoms with Gasteiger partial charge in [-0.1, -0.05) is 36.4 Å². The van der Waals surface area contributed by atoms with Gasteiger partial charge in [0.05, 0.1) is 0 Å². The minimum atomic E-state index is -4.05. The van der Waals surface area contributed by atoms with E-state index in [4.69, 9.17) is 14.7 Å². The Labute approximate surface area is 145 Å². The minimum absolute atomic E-state index is 0.354. The Morgan fingerprint density at radius 1 is 1.20 bits per heavy atom. The lowest BCUT2D eigenvalue weighted by Gasteiger charge is -2.09. The van der Waals surface area contributed by atoms with Crippen LogP contribution in [0.15, 0.2) is 60.3 Å². The van der Waals surface area contributed by atoms with Gasteiger partial charge < -0.3 is 14.7 Å². The molecule has 1 unspecified atom stereocenters. The van der Waals surface area contributed by atoms with Crippen molar-refractivity contribution >= 4 is 15.9 Å². The largest absolute Gasteiger partial charge is 0.460 e. The molecule has 0 saturated heterocycles. The first-order chi connectivity index (χ1) is 11.9. The fraction of sp³-hybridized carbons (Fsp3) is 0.176. The van der Waals surface area contributed by atoms with E-state index in [1.807, 2.05) is 0 Å². The molecule has 8 heteroatoms. The van der Waals surface area contributed by atoms with E-state index in [9.17, 15) is 13.2 Å². The van der Waals surface area contributed by atoms with Crippen LogP contribution in [0, 0.1) is 6.92 Å². The number of nitrogens with two attached hydrogens (primary N) is 1. The number of pyridine rings is 1. The molecule has 2 N–H and O–H groups in total. The third kappa shape index (κ3) is 3.80. The summed E-state index contributed by atoms with van der Waals surface area (Å²) in [7, 11) is -4.05. The summed E-state index contributed by atoms with van der Waals surface area (Å²) in [5.41, 5.74) is 7.43. The Morgan fingerprint density at radius 3 is 2.56 bits per heavy atom. The summed E-state index contributed by atoms with van der Waals surface area (Å²) in [4.78, 5) is 16.5. The molecule has 0 saturated carbocycles. The van der Waals surface area contributed by atoms with Crippen LogP contribution >= 0.6 is 0 Å². The molecule has 1 aromatic carbocycles. The molecule has 0 fully saturated rings. The number of rotatable bonds is 5. The van der Waals surface area contributed by atoms with Crippen LogP contribution in [0.25, 0.3) is 0 Å². The van der Waals surface area contributed by atoms with E-state index in [0.717, 1.165) is 5.69 Å². The standard InChI is InChI=1S/C17H16N2O5S/c1-11-7-8-13(9-19-11)15-14(20)16(17(18)23-15)24-25(21,22)10-12-5-3-2-4-6-12/h2-9,15H,10,18H2,1H3. The van der Waals surface area contributed by atoms with Crippen LogP contribution in [0.4, 0.5) is 0 Å². The molecule has 0 radical (unpaired) electrons. The molecule has 1 atom stereocenters. The van der Waals surface area contributed by atoms with Crippen LogP contribution in [0.3, 0.4) is 0 Å². The second-order valence-electron chi connectivity index (χ2n) is 5.56. The lowest BCUT2D eigenvalue weighted by Crippen LogP contribution is -2.16. The van der Waals surface area contributed by atoms with Crippen molar-refractivity contribution < 1.29 is 22.1 Å². The number of ketones is 1. The van der Waals surface area contributed by atoms with Crippen LogP contribution in [-0.2, 0) is 29.6 Å². The smallest absolute Gasteiger partial charge is 0.313 e. The van der Waals surface area contributed by atoms with Gasteiger partial charge in [-0.05, 0) is 18.6 Å². The van der Waals surface area contributed by atoms with Crippen LogP contribution in [0.5, 0.6) is 0 Å². The number of hydrogen-bond donors (Lipinski definition) is 1. The average Bonchev–Trinajstić information content (AvgIpc) is 2.84. The van der Waals surface area contributed by atoms with Crippen LogP contribution in [-0.4, -0.2) is 19.2 Å². The first-order valence-corrected chi connectivity index (χ1v) is 9.03. The third-order valence-corrected chi connectivity index (χ3v) is 4.67. The highest BCUT2D eigenvalue weighted by molar-refractivity contribution is 7.86. The average molecular weight is 360 g/mol. The second kappa shape index (κ2) is 6.56. The normalized spacial score (nSPS) is 17.5. The van der Waals surface area contributed by atoms with Gasteiger partial charge in [0.2, 0.25) is 17.4 Å². The molecule has 0 amide bonds. The predicted molar refractivity (Wildman–Crippen MR) is 89.2 cm³/mol. The number of aromatic nitrogens is 1. The zero-order valence-electron chi connectivity index (χ0n) is 13.4. The number of Topliss-reactive ketones (excluding diaryl/α,β-unsaturated/α-hetero) is 1. The molecule has 2 heterocycles. The maximum Gasteiger partial charge on any atom is 0.313 e. The molecule has 1 aromatic heterocycles. The summed E-state index contributed by atoms with van der Waals surface area (Å²) in [6, 6.07) is 11.9. The van der Waals surface area contributed by atoms with Gasteiger partial charge in [0.15, 0.2) is 6.10 Å². The van der Waals surface area contributed by atoms with Crippen molar-refractivity contribution in [3.8, 4) is 0 Å². The highest BCUT2D eigenvalue weighted by Crippen LogP contribution is 2.32. The number of benzene rings is 1. The molecule has 0 spiro atoms. The van der Waals surface area contributed by atoms with Gasteiger partial charge in [0.25, 0.3) is 0 Å². The summed E-state index contributed by atoms with van der Waals surface area (Å²) >= 11 is 0. The summed E-state index contributed by atoms with van der Waals surface area (Å²) in [5.74, 6) is -1.89. The van der Waals surface area contributed by atoms with Crippen molar-refractivity contribution in [1.29, 1.82) is 0 Å². The van der Waals surface area contributed by atoms with E-state index in [1.165, 1.54) is 6.20 Å². The fourth-order valence-electron chi connectivity index (χ4n) is 2.35. The van der Waals surface area contributed by atoms with Gasteiger partial charge in [-0.3, -0.25) is 9.78 Å². The zero-order valence-corrected chi connectivity index (χ0v) is 14.2. The molecular weight excluding hydrogens is 344 g/mol. The predicted octanol–water partition coefficient (Wildman–Crippen LogP) is 1.70. The Hall–Kier alpha value is -2.87. The van der Waals surface area contributed by atoms with Crippen LogP contribution < -0.4 is 5.73 Å². The van der Waals surface area contributed by atoms with Gasteiger partial charge in [-0.2, -0.15) is 8.42 Å². The van der Waals surface area contributed by atoms with Crippen molar-refractivity contribution in [2.24, 2.45) is 5.73 Å². The lowest BCUT2D eigenvalue weighted by molar-refractivity contribution is -0.123. The van der Waals surface area contributed by atoms with Gasteiger partial charge in [0, 0.05) is 17.5 Å². The van der Waals surface area contributed by atoms with Crippen LogP contribution in [0.2, 0.25) is 0 Å². The van der Waals surface area contributed by atoms with Crippen molar-refractivity contribution in [3.05, 3.63) is 77.1 Å². The first kappa shape index (κ1) is 17.0. The molecule has 1 aliphatic rings. The van der Waals surface area contributed by atoms with E-state index >= 15 is 0 Å². The fourth-order valence-corrected chi connectivity index (χ4v) is 3.42. The second-order valence-corrected chi connectivity index (χ2v) is 7.13. The maximum absolute atomic E-state index is 12.5. The van der Waals surface area contributed by atoms with E-state index < -0.39 is 27.8 Å². The maximum atomic E-state index is 12.5. The number of aryl methyl sites for hydroxylation is 1. The van der Waals surface area contributed by atoms with Gasteiger partial charge in [0.1, 0.15) is 5.75 Å². The highest BCUT2D eigenvalue weighted by Gasteiger charge is 2.39. The molecule has 25 heavy (non-hydrogen) atoms. The van der Waals surface area contributed by atoms with E-state index in [0.29, 0.717) is 11.1 Å². The molecule has 3 rings (SSSR count). The SMILES string of the molecule is Cc1ccc(C2OC(N)=C(OS(=O)(=O)Cc3ccccc3)C2=O)cn1. The molecule has 130 valence electrons. The van der Waals surface area contributed by atoms with E-state index in [2.05, 4.69) is 4.98 Å². The molecule has 2 aromatic rings. The minimum Gasteiger partial charge on any atom is -0.460 e. The van der Waals surface area contributed by atoms with E-state index in [1.54, 1.807) is 49.4 Å². The Balaban J connectivity index is 1.77. The van der Waals surface area contributed by atoms with Crippen molar-refractivity contribution in [3.63, 3.8) is 0 Å². The Kier molecular flexibility index (Phi) is 4.45. The van der Waals surface area contributed by atoms with Crippen LogP contribution in [0.1, 0.15) is 22.9 Å². The first-order valence-electron chi connectivity index (χ1n) is 7.45. The van der Waals surface area contributed by atoms with Crippen molar-refractivity contribution in [2.45, 2.75) is 18.8 Å². The summed E-state index contributed by atoms with van der Waals surface area (Å²) in [5, 5.41) is 0. The molecule has 1 aliphatic heterocycles. The van der Waals surface area contributed by atoms with E-state index in [-0.39, 0.29) is 11.6 Å². The number of hydrogen-bond acceptors (Lipinski definition) is 7. The van der Waals surface area contributed by atoms with Gasteiger partial charge in [-0.15, -0.1) is 0 Å². The number of ether oxygens (including phenoxy) is 1. The number of carbonyl (C=O) groups excluding carboxylic acids is 1. The summed E-state index contributed by atoms with van der Waals surface area (Å²) in [6.45, 7) is 1.80. The number of carbonyl (C=O) groups is 1. The topological polar surface area (TPSA) is 109 Å².